The molecule has 1 aromatic heterocycles. The summed E-state index contributed by atoms with van der Waals surface area (Å²) in [5, 5.41) is 2.58. The number of allylic oxidation sites excluding steroid dienone is 4. The van der Waals surface area contributed by atoms with Crippen molar-refractivity contribution in [3.63, 3.8) is 0 Å². The van der Waals surface area contributed by atoms with Crippen LogP contribution in [0.15, 0.2) is 127 Å². The van der Waals surface area contributed by atoms with Crippen molar-refractivity contribution >= 4 is 21.8 Å². The Morgan fingerprint density at radius 2 is 1.34 bits per heavy atom. The molecule has 0 bridgehead atoms. The Morgan fingerprint density at radius 1 is 0.634 bits per heavy atom. The highest BCUT2D eigenvalue weighted by molar-refractivity contribution is 6.09. The Hall–Kier alpha value is -4.62. The zero-order valence-corrected chi connectivity index (χ0v) is 24.3. The fraction of sp³-hybridized carbons (Fsp3) is 0.150. The van der Waals surface area contributed by atoms with Crippen LogP contribution in [0.1, 0.15) is 41.5 Å². The molecule has 1 aliphatic rings. The maximum atomic E-state index is 2.45. The topological polar surface area (TPSA) is 4.93 Å². The fourth-order valence-corrected chi connectivity index (χ4v) is 6.94. The van der Waals surface area contributed by atoms with E-state index in [1.165, 1.54) is 77.6 Å². The molecule has 1 nitrogen and oxygen atoms in total. The molecule has 1 atom stereocenters. The van der Waals surface area contributed by atoms with Crippen molar-refractivity contribution in [2.24, 2.45) is 0 Å². The lowest BCUT2D eigenvalue weighted by Crippen LogP contribution is -2.05. The number of rotatable bonds is 4. The zero-order valence-electron chi connectivity index (χ0n) is 24.3. The highest BCUT2D eigenvalue weighted by atomic mass is 15.0. The van der Waals surface area contributed by atoms with Gasteiger partial charge in [-0.25, -0.2) is 0 Å². The van der Waals surface area contributed by atoms with Gasteiger partial charge in [-0.2, -0.15) is 0 Å². The molecule has 5 aromatic carbocycles. The second-order valence-electron chi connectivity index (χ2n) is 11.5. The van der Waals surface area contributed by atoms with E-state index in [2.05, 4.69) is 154 Å². The molecule has 1 aliphatic carbocycles. The van der Waals surface area contributed by atoms with Crippen LogP contribution in [0.5, 0.6) is 0 Å². The number of aryl methyl sites for hydroxylation is 2. The molecule has 1 unspecified atom stereocenters. The van der Waals surface area contributed by atoms with Gasteiger partial charge in [0.05, 0.1) is 16.7 Å². The van der Waals surface area contributed by atoms with E-state index in [0.29, 0.717) is 5.92 Å². The van der Waals surface area contributed by atoms with Gasteiger partial charge in [0, 0.05) is 22.3 Å². The van der Waals surface area contributed by atoms with Gasteiger partial charge in [0.25, 0.3) is 0 Å². The van der Waals surface area contributed by atoms with E-state index < -0.39 is 0 Å². The number of benzene rings is 5. The van der Waals surface area contributed by atoms with Crippen LogP contribution in [0.2, 0.25) is 0 Å². The minimum absolute atomic E-state index is 0.459. The van der Waals surface area contributed by atoms with Crippen molar-refractivity contribution in [3.05, 3.63) is 149 Å². The van der Waals surface area contributed by atoms with Crippen LogP contribution >= 0.6 is 0 Å². The Balaban J connectivity index is 1.38. The average molecular weight is 530 g/mol. The molecule has 0 radical (unpaired) electrons. The van der Waals surface area contributed by atoms with Gasteiger partial charge in [-0.1, -0.05) is 109 Å². The molecule has 1 heteroatoms. The average Bonchev–Trinajstić information content (AvgIpc) is 3.32. The van der Waals surface area contributed by atoms with Crippen LogP contribution in [0.4, 0.5) is 0 Å². The molecule has 0 fully saturated rings. The third-order valence-electron chi connectivity index (χ3n) is 9.05. The molecule has 0 spiro atoms. The molecular formula is C40H35N. The molecule has 6 aromatic rings. The molecule has 0 saturated heterocycles. The smallest absolute Gasteiger partial charge is 0.0543 e. The summed E-state index contributed by atoms with van der Waals surface area (Å²) in [5.74, 6) is 0.459. The van der Waals surface area contributed by atoms with Gasteiger partial charge in [0.1, 0.15) is 0 Å². The summed E-state index contributed by atoms with van der Waals surface area (Å²) in [6.45, 7) is 9.05. The summed E-state index contributed by atoms with van der Waals surface area (Å²) >= 11 is 0. The van der Waals surface area contributed by atoms with Crippen molar-refractivity contribution in [2.45, 2.75) is 40.0 Å². The van der Waals surface area contributed by atoms with E-state index in [-0.39, 0.29) is 0 Å². The third kappa shape index (κ3) is 4.16. The SMILES string of the molecule is CC1=CC=CCC1c1cccc(-c2ccc(-c3c(C)cccc3-n3c4ccccc4c4ccccc43)c(C)c2)c1C. The summed E-state index contributed by atoms with van der Waals surface area (Å²) in [4.78, 5) is 0. The first-order chi connectivity index (χ1) is 20.0. The van der Waals surface area contributed by atoms with Gasteiger partial charge in [0.2, 0.25) is 0 Å². The Labute approximate surface area is 243 Å². The molecule has 0 aliphatic heterocycles. The van der Waals surface area contributed by atoms with Gasteiger partial charge < -0.3 is 4.57 Å². The lowest BCUT2D eigenvalue weighted by atomic mass is 9.81. The predicted octanol–water partition coefficient (Wildman–Crippen LogP) is 11.0. The quantitative estimate of drug-likeness (QED) is 0.214. The number of para-hydroxylation sites is 2. The van der Waals surface area contributed by atoms with E-state index in [1.54, 1.807) is 0 Å². The van der Waals surface area contributed by atoms with Crippen LogP contribution in [-0.2, 0) is 0 Å². The second kappa shape index (κ2) is 10.1. The van der Waals surface area contributed by atoms with Gasteiger partial charge in [-0.3, -0.25) is 0 Å². The highest BCUT2D eigenvalue weighted by Crippen LogP contribution is 2.41. The van der Waals surface area contributed by atoms with Gasteiger partial charge >= 0.3 is 0 Å². The van der Waals surface area contributed by atoms with Gasteiger partial charge in [-0.15, -0.1) is 0 Å². The lowest BCUT2D eigenvalue weighted by molar-refractivity contribution is 0.791. The van der Waals surface area contributed by atoms with Crippen LogP contribution in [0, 0.1) is 20.8 Å². The van der Waals surface area contributed by atoms with Crippen LogP contribution < -0.4 is 0 Å². The lowest BCUT2D eigenvalue weighted by Gasteiger charge is -2.23. The number of hydrogen-bond donors (Lipinski definition) is 0. The second-order valence-corrected chi connectivity index (χ2v) is 11.5. The van der Waals surface area contributed by atoms with Crippen molar-refractivity contribution in [1.82, 2.24) is 4.57 Å². The van der Waals surface area contributed by atoms with Crippen molar-refractivity contribution in [3.8, 4) is 27.9 Å². The normalized spacial score (nSPS) is 15.0. The van der Waals surface area contributed by atoms with E-state index >= 15 is 0 Å². The molecule has 41 heavy (non-hydrogen) atoms. The summed E-state index contributed by atoms with van der Waals surface area (Å²) in [5.41, 5.74) is 15.7. The first kappa shape index (κ1) is 25.4. The molecule has 1 heterocycles. The van der Waals surface area contributed by atoms with Gasteiger partial charge in [-0.05, 0) is 91.3 Å². The van der Waals surface area contributed by atoms with Crippen LogP contribution in [0.25, 0.3) is 49.7 Å². The number of fused-ring (bicyclic) bond motifs is 3. The standard InChI is InChI=1S/C40H35N/c1-26-13-5-6-15-31(26)34-19-12-18-33(29(34)4)30-23-24-32(28(3)25-30)40-27(2)14-11-22-39(40)41-37-20-9-7-16-35(37)36-17-8-10-21-38(36)41/h5-14,16-25,31H,15H2,1-4H3. The van der Waals surface area contributed by atoms with E-state index in [1.807, 2.05) is 0 Å². The Bertz CT molecular complexity index is 1960. The summed E-state index contributed by atoms with van der Waals surface area (Å²) in [6.07, 6.45) is 7.81. The molecule has 0 amide bonds. The third-order valence-corrected chi connectivity index (χ3v) is 9.05. The first-order valence-corrected chi connectivity index (χ1v) is 14.7. The van der Waals surface area contributed by atoms with E-state index in [0.717, 1.165) is 6.42 Å². The Morgan fingerprint density at radius 3 is 2.05 bits per heavy atom. The summed E-state index contributed by atoms with van der Waals surface area (Å²) < 4.78 is 2.45. The highest BCUT2D eigenvalue weighted by Gasteiger charge is 2.20. The first-order valence-electron chi connectivity index (χ1n) is 14.7. The molecular weight excluding hydrogens is 494 g/mol. The van der Waals surface area contributed by atoms with Crippen molar-refractivity contribution in [1.29, 1.82) is 0 Å². The monoisotopic (exact) mass is 529 g/mol. The number of nitrogens with zero attached hydrogens (tertiary/aromatic N) is 1. The molecule has 7 rings (SSSR count). The minimum atomic E-state index is 0.459. The molecule has 0 saturated carbocycles. The minimum Gasteiger partial charge on any atom is -0.309 e. The van der Waals surface area contributed by atoms with Crippen LogP contribution in [0.3, 0.4) is 0 Å². The molecule has 0 N–H and O–H groups in total. The summed E-state index contributed by atoms with van der Waals surface area (Å²) in [7, 11) is 0. The number of aromatic nitrogens is 1. The van der Waals surface area contributed by atoms with Crippen molar-refractivity contribution in [2.75, 3.05) is 0 Å². The zero-order chi connectivity index (χ0) is 28.1. The van der Waals surface area contributed by atoms with Crippen LogP contribution in [-0.4, -0.2) is 4.57 Å². The maximum Gasteiger partial charge on any atom is 0.0543 e. The molecule has 200 valence electrons. The maximum absolute atomic E-state index is 2.45. The van der Waals surface area contributed by atoms with E-state index in [9.17, 15) is 0 Å². The van der Waals surface area contributed by atoms with Gasteiger partial charge in [0.15, 0.2) is 0 Å². The number of hydrogen-bond acceptors (Lipinski definition) is 0. The Kier molecular flexibility index (Phi) is 6.24. The fourth-order valence-electron chi connectivity index (χ4n) is 6.94. The summed E-state index contributed by atoms with van der Waals surface area (Å²) in [6, 6.07) is 38.1. The van der Waals surface area contributed by atoms with Crippen molar-refractivity contribution < 1.29 is 0 Å². The van der Waals surface area contributed by atoms with E-state index in [4.69, 9.17) is 0 Å². The largest absolute Gasteiger partial charge is 0.309 e. The predicted molar refractivity (Wildman–Crippen MR) is 176 cm³/mol.